The number of carbonyl (C=O) groups excluding carboxylic acids is 2. The summed E-state index contributed by atoms with van der Waals surface area (Å²) in [7, 11) is 0. The molecule has 0 atom stereocenters. The van der Waals surface area contributed by atoms with E-state index in [-0.39, 0.29) is 23.6 Å². The van der Waals surface area contributed by atoms with Gasteiger partial charge in [0, 0.05) is 28.5 Å². The topological polar surface area (TPSA) is 59.5 Å². The minimum absolute atomic E-state index is 0.101. The second kappa shape index (κ2) is 9.14. The van der Waals surface area contributed by atoms with E-state index < -0.39 is 0 Å². The Kier molecular flexibility index (Phi) is 6.32. The zero-order valence-corrected chi connectivity index (χ0v) is 18.7. The molecular formula is C24H22BrFN2O3. The van der Waals surface area contributed by atoms with Gasteiger partial charge in [0.25, 0.3) is 5.91 Å². The number of rotatable bonds is 4. The van der Waals surface area contributed by atoms with E-state index in [4.69, 9.17) is 4.74 Å². The standard InChI is InChI=1S/C24H22BrFN2O3/c1-2-31-24(30)16-9-11-28(12-10-16)23(29)20-14-22(15-3-6-18(26)7-4-15)27-21-8-5-17(25)13-19(20)21/h3-8,13-14,16H,2,9-12H2,1H3. The normalized spacial score (nSPS) is 14.6. The molecule has 1 aliphatic rings. The number of halogens is 2. The average Bonchev–Trinajstić information content (AvgIpc) is 2.79. The zero-order chi connectivity index (χ0) is 22.0. The maximum absolute atomic E-state index is 13.5. The van der Waals surface area contributed by atoms with Gasteiger partial charge in [-0.1, -0.05) is 15.9 Å². The molecule has 0 spiro atoms. The van der Waals surface area contributed by atoms with Crippen molar-refractivity contribution in [3.05, 3.63) is 64.4 Å². The number of piperidine rings is 1. The first-order valence-electron chi connectivity index (χ1n) is 10.3. The molecule has 2 aromatic carbocycles. The summed E-state index contributed by atoms with van der Waals surface area (Å²) in [5, 5.41) is 0.748. The largest absolute Gasteiger partial charge is 0.466 e. The zero-order valence-electron chi connectivity index (χ0n) is 17.1. The quantitative estimate of drug-likeness (QED) is 0.476. The molecule has 0 aliphatic carbocycles. The Morgan fingerprint density at radius 1 is 1.13 bits per heavy atom. The summed E-state index contributed by atoms with van der Waals surface area (Å²) in [6, 6.07) is 13.5. The fourth-order valence-corrected chi connectivity index (χ4v) is 4.25. The third-order valence-electron chi connectivity index (χ3n) is 5.54. The van der Waals surface area contributed by atoms with Crippen LogP contribution in [0.15, 0.2) is 53.0 Å². The van der Waals surface area contributed by atoms with Gasteiger partial charge < -0.3 is 9.64 Å². The highest BCUT2D eigenvalue weighted by molar-refractivity contribution is 9.10. The molecule has 2 heterocycles. The Bertz CT molecular complexity index is 1130. The summed E-state index contributed by atoms with van der Waals surface area (Å²) in [6.45, 7) is 3.14. The highest BCUT2D eigenvalue weighted by Crippen LogP contribution is 2.29. The van der Waals surface area contributed by atoms with Crippen LogP contribution in [0.5, 0.6) is 0 Å². The van der Waals surface area contributed by atoms with Crippen molar-refractivity contribution in [1.82, 2.24) is 9.88 Å². The lowest BCUT2D eigenvalue weighted by molar-refractivity contribution is -0.149. The number of amides is 1. The monoisotopic (exact) mass is 484 g/mol. The van der Waals surface area contributed by atoms with Crippen molar-refractivity contribution in [2.75, 3.05) is 19.7 Å². The molecule has 0 radical (unpaired) electrons. The Labute approximate surface area is 188 Å². The van der Waals surface area contributed by atoms with Crippen LogP contribution in [-0.4, -0.2) is 41.5 Å². The van der Waals surface area contributed by atoms with E-state index in [0.29, 0.717) is 49.3 Å². The van der Waals surface area contributed by atoms with Crippen LogP contribution in [0.25, 0.3) is 22.2 Å². The van der Waals surface area contributed by atoms with Crippen molar-refractivity contribution in [2.24, 2.45) is 5.92 Å². The van der Waals surface area contributed by atoms with Crippen molar-refractivity contribution in [1.29, 1.82) is 0 Å². The van der Waals surface area contributed by atoms with Crippen molar-refractivity contribution in [3.63, 3.8) is 0 Å². The van der Waals surface area contributed by atoms with Crippen LogP contribution in [0.3, 0.4) is 0 Å². The van der Waals surface area contributed by atoms with Crippen molar-refractivity contribution < 1.29 is 18.7 Å². The summed E-state index contributed by atoms with van der Waals surface area (Å²) in [6.07, 6.45) is 1.17. The molecule has 4 rings (SSSR count). The van der Waals surface area contributed by atoms with E-state index in [0.717, 1.165) is 15.4 Å². The minimum atomic E-state index is -0.325. The lowest BCUT2D eigenvalue weighted by atomic mass is 9.95. The third kappa shape index (κ3) is 4.61. The first-order chi connectivity index (χ1) is 15.0. The van der Waals surface area contributed by atoms with Gasteiger partial charge in [-0.3, -0.25) is 9.59 Å². The molecule has 1 amide bonds. The van der Waals surface area contributed by atoms with E-state index in [1.807, 2.05) is 18.2 Å². The highest BCUT2D eigenvalue weighted by atomic mass is 79.9. The number of nitrogens with zero attached hydrogens (tertiary/aromatic N) is 2. The number of aromatic nitrogens is 1. The number of esters is 1. The van der Waals surface area contributed by atoms with Crippen LogP contribution >= 0.6 is 15.9 Å². The van der Waals surface area contributed by atoms with Crippen LogP contribution < -0.4 is 0 Å². The number of hydrogen-bond acceptors (Lipinski definition) is 4. The van der Waals surface area contributed by atoms with E-state index in [1.54, 1.807) is 30.0 Å². The third-order valence-corrected chi connectivity index (χ3v) is 6.04. The minimum Gasteiger partial charge on any atom is -0.466 e. The summed E-state index contributed by atoms with van der Waals surface area (Å²) < 4.78 is 19.3. The Morgan fingerprint density at radius 2 is 1.84 bits per heavy atom. The Morgan fingerprint density at radius 3 is 2.52 bits per heavy atom. The number of carbonyl (C=O) groups is 2. The Hall–Kier alpha value is -2.80. The molecule has 1 aromatic heterocycles. The maximum Gasteiger partial charge on any atom is 0.309 e. The van der Waals surface area contributed by atoms with Crippen LogP contribution in [-0.2, 0) is 9.53 Å². The summed E-state index contributed by atoms with van der Waals surface area (Å²) in [5.74, 6) is -0.779. The first-order valence-corrected chi connectivity index (χ1v) is 11.1. The van der Waals surface area contributed by atoms with Gasteiger partial charge in [-0.25, -0.2) is 9.37 Å². The van der Waals surface area contributed by atoms with Gasteiger partial charge in [0.05, 0.1) is 29.3 Å². The van der Waals surface area contributed by atoms with Crippen LogP contribution in [0, 0.1) is 11.7 Å². The van der Waals surface area contributed by atoms with Gasteiger partial charge in [0.2, 0.25) is 0 Å². The first kappa shape index (κ1) is 21.4. The van der Waals surface area contributed by atoms with Crippen LogP contribution in [0.4, 0.5) is 4.39 Å². The summed E-state index contributed by atoms with van der Waals surface area (Å²) in [5.41, 5.74) is 2.58. The molecule has 160 valence electrons. The molecule has 3 aromatic rings. The second-order valence-electron chi connectivity index (χ2n) is 7.54. The molecule has 7 heteroatoms. The average molecular weight is 485 g/mol. The van der Waals surface area contributed by atoms with Crippen LogP contribution in [0.2, 0.25) is 0 Å². The smallest absolute Gasteiger partial charge is 0.309 e. The predicted molar refractivity (Wildman–Crippen MR) is 120 cm³/mol. The molecule has 5 nitrogen and oxygen atoms in total. The molecule has 0 N–H and O–H groups in total. The van der Waals surface area contributed by atoms with E-state index in [1.165, 1.54) is 12.1 Å². The number of fused-ring (bicyclic) bond motifs is 1. The van der Waals surface area contributed by atoms with Gasteiger partial charge in [-0.05, 0) is 68.3 Å². The second-order valence-corrected chi connectivity index (χ2v) is 8.46. The molecule has 1 fully saturated rings. The molecule has 0 unspecified atom stereocenters. The predicted octanol–water partition coefficient (Wildman–Crippen LogP) is 5.22. The lowest BCUT2D eigenvalue weighted by Gasteiger charge is -2.31. The van der Waals surface area contributed by atoms with Gasteiger partial charge in [0.1, 0.15) is 5.82 Å². The van der Waals surface area contributed by atoms with Crippen molar-refractivity contribution in [3.8, 4) is 11.3 Å². The molecular weight excluding hydrogens is 463 g/mol. The molecule has 0 bridgehead atoms. The Balaban J connectivity index is 1.67. The summed E-state index contributed by atoms with van der Waals surface area (Å²) in [4.78, 5) is 32.0. The molecule has 1 aliphatic heterocycles. The van der Waals surface area contributed by atoms with E-state index in [2.05, 4.69) is 20.9 Å². The van der Waals surface area contributed by atoms with Gasteiger partial charge in [-0.2, -0.15) is 0 Å². The fourth-order valence-electron chi connectivity index (χ4n) is 3.89. The number of pyridine rings is 1. The van der Waals surface area contributed by atoms with Gasteiger partial charge in [0.15, 0.2) is 0 Å². The maximum atomic E-state index is 13.5. The SMILES string of the molecule is CCOC(=O)C1CCN(C(=O)c2cc(-c3ccc(F)cc3)nc3ccc(Br)cc23)CC1. The fraction of sp³-hybridized carbons (Fsp3) is 0.292. The lowest BCUT2D eigenvalue weighted by Crippen LogP contribution is -2.40. The highest BCUT2D eigenvalue weighted by Gasteiger charge is 2.29. The number of benzene rings is 2. The van der Waals surface area contributed by atoms with Crippen molar-refractivity contribution >= 4 is 38.7 Å². The number of ether oxygens (including phenoxy) is 1. The summed E-state index contributed by atoms with van der Waals surface area (Å²) >= 11 is 3.48. The molecule has 31 heavy (non-hydrogen) atoms. The van der Waals surface area contributed by atoms with E-state index in [9.17, 15) is 14.0 Å². The molecule has 1 saturated heterocycles. The van der Waals surface area contributed by atoms with Crippen LogP contribution in [0.1, 0.15) is 30.1 Å². The molecule has 0 saturated carbocycles. The van der Waals surface area contributed by atoms with Gasteiger partial charge >= 0.3 is 5.97 Å². The number of likely N-dealkylation sites (tertiary alicyclic amines) is 1. The van der Waals surface area contributed by atoms with Gasteiger partial charge in [-0.15, -0.1) is 0 Å². The van der Waals surface area contributed by atoms with E-state index >= 15 is 0 Å². The number of hydrogen-bond donors (Lipinski definition) is 0. The van der Waals surface area contributed by atoms with Crippen molar-refractivity contribution in [2.45, 2.75) is 19.8 Å².